The molecular weight excluding hydrogens is 346 g/mol. The van der Waals surface area contributed by atoms with Gasteiger partial charge in [0, 0.05) is 11.3 Å². The lowest BCUT2D eigenvalue weighted by Crippen LogP contribution is -2.29. The van der Waals surface area contributed by atoms with Crippen molar-refractivity contribution in [2.24, 2.45) is 0 Å². The van der Waals surface area contributed by atoms with Crippen LogP contribution in [0.1, 0.15) is 22.3 Å². The average molecular weight is 365 g/mol. The number of anilines is 1. The summed E-state index contributed by atoms with van der Waals surface area (Å²) in [6, 6.07) is 28.9. The van der Waals surface area contributed by atoms with Crippen LogP contribution in [0, 0.1) is 0 Å². The minimum Gasteiger partial charge on any atom is -0.508 e. The quantitative estimate of drug-likeness (QED) is 0.384. The Balaban J connectivity index is 1.98. The van der Waals surface area contributed by atoms with Crippen LogP contribution in [0.5, 0.6) is 11.5 Å². The molecule has 3 heteroatoms. The molecule has 0 saturated heterocycles. The van der Waals surface area contributed by atoms with Gasteiger partial charge < -0.3 is 15.9 Å². The lowest BCUT2D eigenvalue weighted by Gasteiger charge is -2.34. The molecule has 4 aromatic rings. The molecule has 1 aliphatic carbocycles. The second kappa shape index (κ2) is 5.89. The SMILES string of the molecule is Nc1cccc2c1C(c1ccc(O)cc1)(c1ccc(O)cc1)c1ccccc1-2. The lowest BCUT2D eigenvalue weighted by atomic mass is 9.67. The molecule has 0 aliphatic heterocycles. The lowest BCUT2D eigenvalue weighted by molar-refractivity contribution is 0.475. The first kappa shape index (κ1) is 16.5. The minimum absolute atomic E-state index is 0.220. The summed E-state index contributed by atoms with van der Waals surface area (Å²) >= 11 is 0. The Kier molecular flexibility index (Phi) is 3.46. The van der Waals surface area contributed by atoms with Crippen LogP contribution < -0.4 is 5.73 Å². The molecule has 0 fully saturated rings. The van der Waals surface area contributed by atoms with Crippen molar-refractivity contribution in [3.8, 4) is 22.6 Å². The standard InChI is InChI=1S/C25H19NO2/c26-23-7-3-5-21-20-4-1-2-6-22(20)25(24(21)23,16-8-12-18(27)13-9-16)17-10-14-19(28)15-11-17/h1-15,27-28H,26H2. The highest BCUT2D eigenvalue weighted by Crippen LogP contribution is 2.57. The first-order chi connectivity index (χ1) is 13.6. The monoisotopic (exact) mass is 365 g/mol. The zero-order chi connectivity index (χ0) is 19.3. The van der Waals surface area contributed by atoms with Crippen molar-refractivity contribution in [1.29, 1.82) is 0 Å². The number of aromatic hydroxyl groups is 2. The van der Waals surface area contributed by atoms with Crippen molar-refractivity contribution < 1.29 is 10.2 Å². The second-order valence-electron chi connectivity index (χ2n) is 7.16. The summed E-state index contributed by atoms with van der Waals surface area (Å²) in [7, 11) is 0. The van der Waals surface area contributed by atoms with E-state index in [-0.39, 0.29) is 11.5 Å². The average Bonchev–Trinajstić information content (AvgIpc) is 3.02. The number of nitrogen functional groups attached to an aromatic ring is 1. The Bertz CT molecular complexity index is 1130. The van der Waals surface area contributed by atoms with Gasteiger partial charge in [0.2, 0.25) is 0 Å². The Morgan fingerprint density at radius 1 is 0.571 bits per heavy atom. The number of benzene rings is 4. The number of rotatable bonds is 2. The van der Waals surface area contributed by atoms with Crippen LogP contribution in [0.15, 0.2) is 91.0 Å². The summed E-state index contributed by atoms with van der Waals surface area (Å²) in [5.74, 6) is 0.439. The normalized spacial score (nSPS) is 13.7. The summed E-state index contributed by atoms with van der Waals surface area (Å²) < 4.78 is 0. The number of fused-ring (bicyclic) bond motifs is 3. The minimum atomic E-state index is -0.626. The molecule has 0 unspecified atom stereocenters. The molecule has 136 valence electrons. The van der Waals surface area contributed by atoms with E-state index in [1.54, 1.807) is 24.3 Å². The van der Waals surface area contributed by atoms with Gasteiger partial charge in [0.1, 0.15) is 11.5 Å². The molecular formula is C25H19NO2. The van der Waals surface area contributed by atoms with E-state index in [0.717, 1.165) is 39.1 Å². The van der Waals surface area contributed by atoms with E-state index < -0.39 is 5.41 Å². The van der Waals surface area contributed by atoms with Crippen LogP contribution in [0.4, 0.5) is 5.69 Å². The van der Waals surface area contributed by atoms with Crippen LogP contribution in [0.3, 0.4) is 0 Å². The van der Waals surface area contributed by atoms with E-state index >= 15 is 0 Å². The van der Waals surface area contributed by atoms with Gasteiger partial charge in [-0.2, -0.15) is 0 Å². The summed E-state index contributed by atoms with van der Waals surface area (Å²) in [4.78, 5) is 0. The maximum Gasteiger partial charge on any atom is 0.115 e. The Hall–Kier alpha value is -3.72. The Labute approximate surface area is 163 Å². The highest BCUT2D eigenvalue weighted by Gasteiger charge is 2.47. The molecule has 0 heterocycles. The first-order valence-corrected chi connectivity index (χ1v) is 9.20. The summed E-state index contributed by atoms with van der Waals surface area (Å²) in [6.07, 6.45) is 0. The smallest absolute Gasteiger partial charge is 0.115 e. The third kappa shape index (κ3) is 2.10. The van der Waals surface area contributed by atoms with Gasteiger partial charge in [0.05, 0.1) is 5.41 Å². The van der Waals surface area contributed by atoms with Gasteiger partial charge in [-0.25, -0.2) is 0 Å². The van der Waals surface area contributed by atoms with Crippen LogP contribution in [-0.2, 0) is 5.41 Å². The molecule has 0 aromatic heterocycles. The van der Waals surface area contributed by atoms with E-state index in [1.165, 1.54) is 0 Å². The number of nitrogens with two attached hydrogens (primary N) is 1. The van der Waals surface area contributed by atoms with Crippen molar-refractivity contribution in [1.82, 2.24) is 0 Å². The third-order valence-electron chi connectivity index (χ3n) is 5.69. The topological polar surface area (TPSA) is 66.5 Å². The fourth-order valence-corrected chi connectivity index (χ4v) is 4.58. The predicted molar refractivity (Wildman–Crippen MR) is 111 cm³/mol. The van der Waals surface area contributed by atoms with Crippen LogP contribution in [0.2, 0.25) is 0 Å². The predicted octanol–water partition coefficient (Wildman–Crippen LogP) is 5.04. The van der Waals surface area contributed by atoms with Gasteiger partial charge in [-0.15, -0.1) is 0 Å². The molecule has 0 saturated carbocycles. The van der Waals surface area contributed by atoms with E-state index in [4.69, 9.17) is 5.73 Å². The van der Waals surface area contributed by atoms with Crippen molar-refractivity contribution in [3.05, 3.63) is 113 Å². The van der Waals surface area contributed by atoms with Crippen molar-refractivity contribution >= 4 is 5.69 Å². The molecule has 0 radical (unpaired) electrons. The van der Waals surface area contributed by atoms with Crippen LogP contribution >= 0.6 is 0 Å². The van der Waals surface area contributed by atoms with Gasteiger partial charge in [0.15, 0.2) is 0 Å². The zero-order valence-corrected chi connectivity index (χ0v) is 15.1. The molecule has 0 amide bonds. The van der Waals surface area contributed by atoms with Crippen molar-refractivity contribution in [3.63, 3.8) is 0 Å². The number of hydrogen-bond acceptors (Lipinski definition) is 3. The van der Waals surface area contributed by atoms with Crippen molar-refractivity contribution in [2.45, 2.75) is 5.41 Å². The second-order valence-corrected chi connectivity index (χ2v) is 7.16. The molecule has 4 aromatic carbocycles. The van der Waals surface area contributed by atoms with Crippen LogP contribution in [-0.4, -0.2) is 10.2 Å². The largest absolute Gasteiger partial charge is 0.508 e. The van der Waals surface area contributed by atoms with E-state index in [1.807, 2.05) is 48.5 Å². The van der Waals surface area contributed by atoms with Gasteiger partial charge in [-0.1, -0.05) is 60.7 Å². The maximum absolute atomic E-state index is 9.88. The molecule has 5 rings (SSSR count). The highest BCUT2D eigenvalue weighted by atomic mass is 16.3. The molecule has 0 bridgehead atoms. The molecule has 4 N–H and O–H groups in total. The zero-order valence-electron chi connectivity index (χ0n) is 15.1. The summed E-state index contributed by atoms with van der Waals surface area (Å²) in [5.41, 5.74) is 13.1. The number of hydrogen-bond donors (Lipinski definition) is 3. The maximum atomic E-state index is 9.88. The van der Waals surface area contributed by atoms with Gasteiger partial charge in [0.25, 0.3) is 0 Å². The first-order valence-electron chi connectivity index (χ1n) is 9.20. The molecule has 0 spiro atoms. The Morgan fingerprint density at radius 3 is 1.71 bits per heavy atom. The molecule has 28 heavy (non-hydrogen) atoms. The van der Waals surface area contributed by atoms with Gasteiger partial charge in [-0.3, -0.25) is 0 Å². The number of phenolic OH excluding ortho intramolecular Hbond substituents is 2. The van der Waals surface area contributed by atoms with E-state index in [0.29, 0.717) is 0 Å². The van der Waals surface area contributed by atoms with Gasteiger partial charge >= 0.3 is 0 Å². The fraction of sp³-hybridized carbons (Fsp3) is 0.0400. The molecule has 0 atom stereocenters. The van der Waals surface area contributed by atoms with E-state index in [9.17, 15) is 10.2 Å². The summed E-state index contributed by atoms with van der Waals surface area (Å²) in [5, 5.41) is 19.8. The third-order valence-corrected chi connectivity index (χ3v) is 5.69. The molecule has 3 nitrogen and oxygen atoms in total. The van der Waals surface area contributed by atoms with Crippen LogP contribution in [0.25, 0.3) is 11.1 Å². The van der Waals surface area contributed by atoms with Crippen molar-refractivity contribution in [2.75, 3.05) is 5.73 Å². The molecule has 1 aliphatic rings. The van der Waals surface area contributed by atoms with E-state index in [2.05, 4.69) is 18.2 Å². The highest BCUT2D eigenvalue weighted by molar-refractivity contribution is 5.90. The summed E-state index contributed by atoms with van der Waals surface area (Å²) in [6.45, 7) is 0. The van der Waals surface area contributed by atoms with Gasteiger partial charge in [-0.05, 0) is 58.1 Å². The Morgan fingerprint density at radius 2 is 1.11 bits per heavy atom. The number of phenols is 2. The fourth-order valence-electron chi connectivity index (χ4n) is 4.58.